The monoisotopic (exact) mass is 626 g/mol. The molecule has 15 nitrogen and oxygen atoms in total. The van der Waals surface area contributed by atoms with Crippen molar-refractivity contribution in [3.05, 3.63) is 59.4 Å². The predicted octanol–water partition coefficient (Wildman–Crippen LogP) is -2.43. The summed E-state index contributed by atoms with van der Waals surface area (Å²) in [5.41, 5.74) is -2.50. The fourth-order valence-electron chi connectivity index (χ4n) is 5.68. The number of hydrogen-bond acceptors (Lipinski definition) is 14. The van der Waals surface area contributed by atoms with Gasteiger partial charge in [-0.15, -0.1) is 0 Å². The van der Waals surface area contributed by atoms with Crippen LogP contribution in [0.1, 0.15) is 30.1 Å². The molecular formula is C29H38O15. The van der Waals surface area contributed by atoms with Gasteiger partial charge in [0.15, 0.2) is 30.1 Å². The summed E-state index contributed by atoms with van der Waals surface area (Å²) in [5, 5.41) is 93.4. The Labute approximate surface area is 251 Å². The first-order chi connectivity index (χ1) is 20.9. The first-order valence-electron chi connectivity index (χ1n) is 14.1. The second-order valence-corrected chi connectivity index (χ2v) is 10.9. The third kappa shape index (κ3) is 6.31. The van der Waals surface area contributed by atoms with Crippen LogP contribution in [0.3, 0.4) is 0 Å². The second-order valence-electron chi connectivity index (χ2n) is 10.9. The van der Waals surface area contributed by atoms with Crippen LogP contribution in [-0.2, 0) is 23.7 Å². The van der Waals surface area contributed by atoms with E-state index in [9.17, 15) is 55.5 Å². The van der Waals surface area contributed by atoms with E-state index in [4.69, 9.17) is 18.9 Å². The van der Waals surface area contributed by atoms with Gasteiger partial charge in [-0.05, 0) is 18.6 Å². The van der Waals surface area contributed by atoms with Crippen LogP contribution in [0.2, 0.25) is 0 Å². The van der Waals surface area contributed by atoms with Crippen LogP contribution in [0, 0.1) is 5.92 Å². The Kier molecular flexibility index (Phi) is 10.9. The van der Waals surface area contributed by atoms with Crippen molar-refractivity contribution >= 4 is 11.8 Å². The van der Waals surface area contributed by atoms with Crippen molar-refractivity contribution in [3.63, 3.8) is 0 Å². The molecule has 9 N–H and O–H groups in total. The van der Waals surface area contributed by atoms with Gasteiger partial charge in [0.05, 0.1) is 24.7 Å². The molecule has 0 radical (unpaired) electrons. The number of aliphatic carboxylic acids is 1. The van der Waals surface area contributed by atoms with E-state index in [1.165, 1.54) is 12.1 Å². The van der Waals surface area contributed by atoms with E-state index in [1.807, 2.05) is 0 Å². The molecule has 1 aromatic carbocycles. The van der Waals surface area contributed by atoms with Gasteiger partial charge in [-0.2, -0.15) is 0 Å². The van der Waals surface area contributed by atoms with Crippen molar-refractivity contribution in [1.29, 1.82) is 0 Å². The lowest BCUT2D eigenvalue weighted by molar-refractivity contribution is -0.310. The molecule has 2 heterocycles. The molecule has 0 bridgehead atoms. The molecule has 12 atom stereocenters. The number of carbonyl (C=O) groups excluding carboxylic acids is 1. The largest absolute Gasteiger partial charge is 0.488 e. The van der Waals surface area contributed by atoms with E-state index in [0.29, 0.717) is 0 Å². The Balaban J connectivity index is 1.87. The van der Waals surface area contributed by atoms with Crippen molar-refractivity contribution in [2.75, 3.05) is 13.2 Å². The number of carboxylic acids is 1. The number of aliphatic hydroxyl groups excluding tert-OH is 8. The molecule has 4 rings (SSSR count). The maximum absolute atomic E-state index is 13.8. The molecule has 2 fully saturated rings. The van der Waals surface area contributed by atoms with Crippen LogP contribution >= 0.6 is 0 Å². The number of rotatable bonds is 11. The van der Waals surface area contributed by atoms with Gasteiger partial charge in [-0.1, -0.05) is 43.7 Å². The molecule has 44 heavy (non-hydrogen) atoms. The minimum Gasteiger partial charge on any atom is -0.488 e. The molecule has 244 valence electrons. The van der Waals surface area contributed by atoms with Crippen LogP contribution in [-0.4, -0.2) is 138 Å². The second kappa shape index (κ2) is 14.1. The van der Waals surface area contributed by atoms with E-state index in [1.54, 1.807) is 25.1 Å². The van der Waals surface area contributed by atoms with Gasteiger partial charge in [0.25, 0.3) is 0 Å². The Morgan fingerprint density at radius 2 is 1.39 bits per heavy atom. The molecule has 0 amide bonds. The zero-order valence-electron chi connectivity index (χ0n) is 23.7. The maximum atomic E-state index is 13.8. The number of carboxylic acid groups (broad SMARTS) is 1. The van der Waals surface area contributed by atoms with Gasteiger partial charge in [-0.25, -0.2) is 4.79 Å². The van der Waals surface area contributed by atoms with Crippen molar-refractivity contribution in [2.45, 2.75) is 86.8 Å². The molecule has 0 saturated carbocycles. The quantitative estimate of drug-likeness (QED) is 0.116. The highest BCUT2D eigenvalue weighted by Crippen LogP contribution is 2.44. The highest BCUT2D eigenvalue weighted by atomic mass is 16.7. The molecule has 0 spiro atoms. The number of ether oxygens (including phenoxy) is 4. The minimum atomic E-state index is -2.49. The Hall–Kier alpha value is -2.80. The van der Waals surface area contributed by atoms with Crippen molar-refractivity contribution < 1.29 is 74.5 Å². The summed E-state index contributed by atoms with van der Waals surface area (Å²) in [4.78, 5) is 26.9. The highest BCUT2D eigenvalue weighted by Gasteiger charge is 2.57. The van der Waals surface area contributed by atoms with E-state index in [-0.39, 0.29) is 29.7 Å². The number of hydrogen-bond donors (Lipinski definition) is 9. The molecule has 0 aromatic heterocycles. The van der Waals surface area contributed by atoms with Crippen LogP contribution in [0.5, 0.6) is 0 Å². The van der Waals surface area contributed by atoms with E-state index < -0.39 is 97.9 Å². The third-order valence-corrected chi connectivity index (χ3v) is 8.06. The molecule has 1 aliphatic carbocycles. The lowest BCUT2D eigenvalue weighted by Gasteiger charge is -2.47. The molecular weight excluding hydrogens is 588 g/mol. The van der Waals surface area contributed by atoms with E-state index in [2.05, 4.69) is 0 Å². The number of benzene rings is 1. The molecule has 4 unspecified atom stereocenters. The molecule has 3 aliphatic rings. The maximum Gasteiger partial charge on any atom is 0.340 e. The Morgan fingerprint density at radius 3 is 1.91 bits per heavy atom. The fourth-order valence-corrected chi connectivity index (χ4v) is 5.68. The zero-order valence-corrected chi connectivity index (χ0v) is 23.7. The van der Waals surface area contributed by atoms with Gasteiger partial charge in [0, 0.05) is 5.56 Å². The van der Waals surface area contributed by atoms with Crippen LogP contribution in [0.25, 0.3) is 0 Å². The number of allylic oxidation sites excluding steroid dienone is 2. The molecule has 2 aliphatic heterocycles. The summed E-state index contributed by atoms with van der Waals surface area (Å²) in [7, 11) is 0. The minimum absolute atomic E-state index is 0.0691. The van der Waals surface area contributed by atoms with E-state index >= 15 is 0 Å². The fraction of sp³-hybridized carbons (Fsp3) is 0.586. The Bertz CT molecular complexity index is 1220. The molecule has 1 aromatic rings. The average Bonchev–Trinajstić information content (AvgIpc) is 3.02. The summed E-state index contributed by atoms with van der Waals surface area (Å²) in [6.45, 7) is 0.0968. The normalized spacial score (nSPS) is 39.2. The standard InChI is InChI=1S/C29H38O15/c1-2-6-15-23(43-24-19(33)16(11-30)41-26(37)21(24)35)14(18(32)13-7-4-3-5-8-13)9-10-29(15,28(39)40)44-25-20(34)17(12-31)42-27(38)22(25)36/h3-5,7-10,15-17,19-22,24-27,30-31,33-38H,2,6,11-12H2,1H3,(H,39,40)/t15?,16-,17-,19-,20-,21-,22-,24+,25+,26?,27?,29?/m1/s1. The van der Waals surface area contributed by atoms with E-state index in [0.717, 1.165) is 12.2 Å². The summed E-state index contributed by atoms with van der Waals surface area (Å²) < 4.78 is 22.0. The lowest BCUT2D eigenvalue weighted by atomic mass is 9.75. The van der Waals surface area contributed by atoms with Crippen LogP contribution in [0.15, 0.2) is 53.8 Å². The van der Waals surface area contributed by atoms with Crippen molar-refractivity contribution in [1.82, 2.24) is 0 Å². The van der Waals surface area contributed by atoms with Crippen LogP contribution < -0.4 is 0 Å². The first kappa shape index (κ1) is 34.1. The summed E-state index contributed by atoms with van der Waals surface area (Å²) in [6, 6.07) is 7.87. The van der Waals surface area contributed by atoms with Gasteiger partial charge >= 0.3 is 5.97 Å². The first-order valence-corrected chi connectivity index (χ1v) is 14.1. The van der Waals surface area contributed by atoms with Crippen molar-refractivity contribution in [3.8, 4) is 0 Å². The molecule has 15 heteroatoms. The summed E-state index contributed by atoms with van der Waals surface area (Å²) in [5.74, 6) is -4.08. The third-order valence-electron chi connectivity index (χ3n) is 8.06. The average molecular weight is 627 g/mol. The topological polar surface area (TPSA) is 253 Å². The summed E-state index contributed by atoms with van der Waals surface area (Å²) >= 11 is 0. The molecule has 2 saturated heterocycles. The lowest BCUT2D eigenvalue weighted by Crippen LogP contribution is -2.64. The SMILES string of the molecule is CCCC1C(O[C@H]2[C@H](O)[C@@H](CO)OC(O)[C@@H]2O)=C(C(=O)c2ccccc2)C=CC1(O[C@H]1[C@H](O)[C@@H](CO)OC(O)[C@@H]1O)C(=O)O. The Morgan fingerprint density at radius 1 is 0.841 bits per heavy atom. The number of ketones is 1. The van der Waals surface area contributed by atoms with Crippen molar-refractivity contribution in [2.24, 2.45) is 5.92 Å². The van der Waals surface area contributed by atoms with Gasteiger partial charge in [0.2, 0.25) is 0 Å². The van der Waals surface area contributed by atoms with Gasteiger partial charge in [-0.3, -0.25) is 4.79 Å². The zero-order chi connectivity index (χ0) is 32.3. The number of Topliss-reactive ketones (excluding diaryl/α,β-unsaturated/α-hetero) is 1. The van der Waals surface area contributed by atoms with Gasteiger partial charge in [0.1, 0.15) is 48.5 Å². The predicted molar refractivity (Wildman–Crippen MR) is 145 cm³/mol. The number of aliphatic hydroxyl groups is 8. The smallest absolute Gasteiger partial charge is 0.340 e. The van der Waals surface area contributed by atoms with Gasteiger partial charge < -0.3 is 64.9 Å². The highest BCUT2D eigenvalue weighted by molar-refractivity contribution is 6.11. The summed E-state index contributed by atoms with van der Waals surface area (Å²) in [6.07, 6.45) is -15.5. The number of carbonyl (C=O) groups is 2. The van der Waals surface area contributed by atoms with Crippen LogP contribution in [0.4, 0.5) is 0 Å².